The molecule has 5 nitrogen and oxygen atoms in total. The van der Waals surface area contributed by atoms with Crippen LogP contribution in [-0.2, 0) is 4.74 Å². The van der Waals surface area contributed by atoms with E-state index in [0.29, 0.717) is 35.2 Å². The zero-order valence-electron chi connectivity index (χ0n) is 11.9. The monoisotopic (exact) mass is 278 g/mol. The molecule has 1 aromatic carbocycles. The summed E-state index contributed by atoms with van der Waals surface area (Å²) in [4.78, 5) is 12.4. The summed E-state index contributed by atoms with van der Waals surface area (Å²) in [6.07, 6.45) is 3.60. The summed E-state index contributed by atoms with van der Waals surface area (Å²) >= 11 is 0. The van der Waals surface area contributed by atoms with Crippen molar-refractivity contribution in [3.8, 4) is 17.2 Å². The molecule has 0 spiro atoms. The molecule has 108 valence electrons. The van der Waals surface area contributed by atoms with Gasteiger partial charge in [-0.05, 0) is 31.1 Å². The lowest BCUT2D eigenvalue weighted by atomic mass is 10.1. The second-order valence-corrected chi connectivity index (χ2v) is 4.30. The number of rotatable bonds is 5. The molecule has 20 heavy (non-hydrogen) atoms. The van der Waals surface area contributed by atoms with Crippen molar-refractivity contribution in [1.82, 2.24) is 0 Å². The SMILES string of the molecule is COc1cc(C(=O)C2=CCCCO2)cc(OC)c1OC. The molecule has 0 radical (unpaired) electrons. The molecule has 0 bridgehead atoms. The molecule has 0 atom stereocenters. The Morgan fingerprint density at radius 2 is 1.75 bits per heavy atom. The summed E-state index contributed by atoms with van der Waals surface area (Å²) in [6, 6.07) is 3.25. The fourth-order valence-corrected chi connectivity index (χ4v) is 2.07. The lowest BCUT2D eigenvalue weighted by Crippen LogP contribution is -2.12. The molecule has 2 rings (SSSR count). The third kappa shape index (κ3) is 2.71. The molecule has 0 saturated heterocycles. The summed E-state index contributed by atoms with van der Waals surface area (Å²) < 4.78 is 21.1. The molecular formula is C15H18O5. The van der Waals surface area contributed by atoms with Gasteiger partial charge in [-0.1, -0.05) is 0 Å². The van der Waals surface area contributed by atoms with Crippen LogP contribution in [0.4, 0.5) is 0 Å². The van der Waals surface area contributed by atoms with Gasteiger partial charge in [-0.15, -0.1) is 0 Å². The number of hydrogen-bond donors (Lipinski definition) is 0. The van der Waals surface area contributed by atoms with E-state index in [1.165, 1.54) is 21.3 Å². The van der Waals surface area contributed by atoms with Gasteiger partial charge in [0.15, 0.2) is 17.3 Å². The van der Waals surface area contributed by atoms with Crippen LogP contribution in [0.1, 0.15) is 23.2 Å². The molecule has 0 aromatic heterocycles. The molecule has 0 unspecified atom stereocenters. The number of allylic oxidation sites excluding steroid dienone is 2. The fourth-order valence-electron chi connectivity index (χ4n) is 2.07. The minimum absolute atomic E-state index is 0.177. The van der Waals surface area contributed by atoms with Crippen LogP contribution < -0.4 is 14.2 Å². The van der Waals surface area contributed by atoms with Crippen LogP contribution in [0.15, 0.2) is 24.0 Å². The van der Waals surface area contributed by atoms with Gasteiger partial charge in [-0.25, -0.2) is 0 Å². The van der Waals surface area contributed by atoms with Gasteiger partial charge in [-0.3, -0.25) is 4.79 Å². The normalized spacial score (nSPS) is 14.1. The maximum Gasteiger partial charge on any atom is 0.227 e. The van der Waals surface area contributed by atoms with Crippen LogP contribution in [0.5, 0.6) is 17.2 Å². The molecule has 0 aliphatic carbocycles. The minimum Gasteiger partial charge on any atom is -0.493 e. The van der Waals surface area contributed by atoms with Crippen LogP contribution in [0.2, 0.25) is 0 Å². The highest BCUT2D eigenvalue weighted by molar-refractivity contribution is 6.08. The van der Waals surface area contributed by atoms with E-state index >= 15 is 0 Å². The van der Waals surface area contributed by atoms with Crippen LogP contribution in [0.3, 0.4) is 0 Å². The Morgan fingerprint density at radius 3 is 2.20 bits per heavy atom. The van der Waals surface area contributed by atoms with Crippen molar-refractivity contribution in [3.05, 3.63) is 29.5 Å². The number of ether oxygens (including phenoxy) is 4. The predicted molar refractivity (Wildman–Crippen MR) is 73.7 cm³/mol. The summed E-state index contributed by atoms with van der Waals surface area (Å²) in [5.41, 5.74) is 0.452. The summed E-state index contributed by atoms with van der Waals surface area (Å²) in [5, 5.41) is 0. The smallest absolute Gasteiger partial charge is 0.227 e. The first-order valence-electron chi connectivity index (χ1n) is 6.39. The Balaban J connectivity index is 2.41. The number of ketones is 1. The standard InChI is InChI=1S/C15H18O5/c1-17-12-8-10(9-13(18-2)15(12)19-3)14(16)11-6-4-5-7-20-11/h6,8-9H,4-5,7H2,1-3H3. The van der Waals surface area contributed by atoms with E-state index in [-0.39, 0.29) is 5.78 Å². The Hall–Kier alpha value is -2.17. The van der Waals surface area contributed by atoms with Gasteiger partial charge in [0.1, 0.15) is 0 Å². The maximum absolute atomic E-state index is 12.4. The number of hydrogen-bond acceptors (Lipinski definition) is 5. The van der Waals surface area contributed by atoms with Crippen molar-refractivity contribution in [1.29, 1.82) is 0 Å². The van der Waals surface area contributed by atoms with Gasteiger partial charge in [0.05, 0.1) is 27.9 Å². The van der Waals surface area contributed by atoms with Gasteiger partial charge in [-0.2, -0.15) is 0 Å². The number of Topliss-reactive ketones (excluding diaryl/α,β-unsaturated/α-hetero) is 1. The van der Waals surface area contributed by atoms with Crippen molar-refractivity contribution in [3.63, 3.8) is 0 Å². The third-order valence-corrected chi connectivity index (χ3v) is 3.09. The highest BCUT2D eigenvalue weighted by atomic mass is 16.5. The summed E-state index contributed by atoms with van der Waals surface area (Å²) in [6.45, 7) is 0.571. The number of methoxy groups -OCH3 is 3. The van der Waals surface area contributed by atoms with Gasteiger partial charge >= 0.3 is 0 Å². The molecule has 5 heteroatoms. The first-order chi connectivity index (χ1) is 9.71. The number of benzene rings is 1. The molecule has 0 fully saturated rings. The predicted octanol–water partition coefficient (Wildman–Crippen LogP) is 2.59. The average molecular weight is 278 g/mol. The van der Waals surface area contributed by atoms with Crippen molar-refractivity contribution in [2.24, 2.45) is 0 Å². The van der Waals surface area contributed by atoms with E-state index in [9.17, 15) is 4.79 Å². The van der Waals surface area contributed by atoms with Crippen LogP contribution in [0.25, 0.3) is 0 Å². The Morgan fingerprint density at radius 1 is 1.10 bits per heavy atom. The van der Waals surface area contributed by atoms with Gasteiger partial charge in [0.25, 0.3) is 0 Å². The quantitative estimate of drug-likeness (QED) is 0.775. The van der Waals surface area contributed by atoms with Crippen LogP contribution in [-0.4, -0.2) is 33.7 Å². The van der Waals surface area contributed by atoms with Crippen LogP contribution >= 0.6 is 0 Å². The van der Waals surface area contributed by atoms with Crippen molar-refractivity contribution < 1.29 is 23.7 Å². The second-order valence-electron chi connectivity index (χ2n) is 4.30. The van der Waals surface area contributed by atoms with Crippen molar-refractivity contribution in [2.75, 3.05) is 27.9 Å². The van der Waals surface area contributed by atoms with E-state index in [1.54, 1.807) is 12.1 Å². The average Bonchev–Trinajstić information content (AvgIpc) is 2.53. The Bertz CT molecular complexity index is 508. The van der Waals surface area contributed by atoms with E-state index in [1.807, 2.05) is 6.08 Å². The summed E-state index contributed by atoms with van der Waals surface area (Å²) in [5.74, 6) is 1.57. The number of carbonyl (C=O) groups is 1. The molecule has 0 amide bonds. The lowest BCUT2D eigenvalue weighted by molar-refractivity contribution is 0.0898. The molecular weight excluding hydrogens is 260 g/mol. The lowest BCUT2D eigenvalue weighted by Gasteiger charge is -2.16. The fraction of sp³-hybridized carbons (Fsp3) is 0.400. The van der Waals surface area contributed by atoms with Crippen molar-refractivity contribution in [2.45, 2.75) is 12.8 Å². The Labute approximate surface area is 118 Å². The molecule has 0 saturated carbocycles. The topological polar surface area (TPSA) is 54.0 Å². The van der Waals surface area contributed by atoms with E-state index in [0.717, 1.165) is 12.8 Å². The largest absolute Gasteiger partial charge is 0.493 e. The second kappa shape index (κ2) is 6.32. The molecule has 1 heterocycles. The summed E-state index contributed by atoms with van der Waals surface area (Å²) in [7, 11) is 4.55. The van der Waals surface area contributed by atoms with Gasteiger partial charge < -0.3 is 18.9 Å². The zero-order valence-corrected chi connectivity index (χ0v) is 11.9. The van der Waals surface area contributed by atoms with E-state index in [4.69, 9.17) is 18.9 Å². The maximum atomic E-state index is 12.4. The number of carbonyl (C=O) groups excluding carboxylic acids is 1. The van der Waals surface area contributed by atoms with E-state index in [2.05, 4.69) is 0 Å². The molecule has 0 N–H and O–H groups in total. The van der Waals surface area contributed by atoms with E-state index < -0.39 is 0 Å². The highest BCUT2D eigenvalue weighted by Crippen LogP contribution is 2.38. The third-order valence-electron chi connectivity index (χ3n) is 3.09. The molecule has 1 aromatic rings. The minimum atomic E-state index is -0.177. The van der Waals surface area contributed by atoms with Crippen LogP contribution in [0, 0.1) is 0 Å². The first kappa shape index (κ1) is 14.2. The van der Waals surface area contributed by atoms with Crippen molar-refractivity contribution >= 4 is 5.78 Å². The highest BCUT2D eigenvalue weighted by Gasteiger charge is 2.21. The first-order valence-corrected chi connectivity index (χ1v) is 6.39. The zero-order chi connectivity index (χ0) is 14.5. The molecule has 1 aliphatic heterocycles. The Kier molecular flexibility index (Phi) is 4.50. The van der Waals surface area contributed by atoms with Gasteiger partial charge in [0, 0.05) is 5.56 Å². The molecule has 1 aliphatic rings. The van der Waals surface area contributed by atoms with Gasteiger partial charge in [0.2, 0.25) is 11.5 Å².